The summed E-state index contributed by atoms with van der Waals surface area (Å²) in [6.07, 6.45) is 1.50. The zero-order valence-electron chi connectivity index (χ0n) is 17.0. The maximum atomic E-state index is 12.7. The summed E-state index contributed by atoms with van der Waals surface area (Å²) in [6.45, 7) is 5.42. The summed E-state index contributed by atoms with van der Waals surface area (Å²) >= 11 is 7.40. The summed E-state index contributed by atoms with van der Waals surface area (Å²) in [5.41, 5.74) is 1.32. The van der Waals surface area contributed by atoms with Crippen molar-refractivity contribution in [3.8, 4) is 10.4 Å². The Kier molecular flexibility index (Phi) is 7.26. The zero-order valence-corrected chi connectivity index (χ0v) is 19.4. The first-order valence-electron chi connectivity index (χ1n) is 9.28. The molecule has 3 rings (SSSR count). The van der Waals surface area contributed by atoms with Gasteiger partial charge in [-0.2, -0.15) is 0 Å². The highest BCUT2D eigenvalue weighted by molar-refractivity contribution is 7.92. The molecule has 1 amide bonds. The zero-order chi connectivity index (χ0) is 22.6. The minimum absolute atomic E-state index is 0.00911. The van der Waals surface area contributed by atoms with Gasteiger partial charge >= 0.3 is 0 Å². The van der Waals surface area contributed by atoms with Crippen LogP contribution in [0.1, 0.15) is 26.5 Å². The Morgan fingerprint density at radius 2 is 1.97 bits per heavy atom. The van der Waals surface area contributed by atoms with Gasteiger partial charge < -0.3 is 10.1 Å². The fourth-order valence-electron chi connectivity index (χ4n) is 2.57. The third-order valence-electron chi connectivity index (χ3n) is 3.93. The van der Waals surface area contributed by atoms with Gasteiger partial charge in [0.05, 0.1) is 33.9 Å². The second-order valence-electron chi connectivity index (χ2n) is 6.82. The van der Waals surface area contributed by atoms with Crippen LogP contribution < -0.4 is 10.0 Å². The number of halogens is 1. The van der Waals surface area contributed by atoms with Gasteiger partial charge in [-0.25, -0.2) is 18.4 Å². The fourth-order valence-corrected chi connectivity index (χ4v) is 4.85. The summed E-state index contributed by atoms with van der Waals surface area (Å²) in [5, 5.41) is 3.08. The van der Waals surface area contributed by atoms with Gasteiger partial charge in [-0.05, 0) is 32.0 Å². The Bertz CT molecular complexity index is 1180. The van der Waals surface area contributed by atoms with Crippen molar-refractivity contribution in [2.45, 2.75) is 38.4 Å². The van der Waals surface area contributed by atoms with Gasteiger partial charge in [-0.1, -0.05) is 41.1 Å². The molecule has 0 spiro atoms. The number of amides is 1. The quantitative estimate of drug-likeness (QED) is 0.458. The number of carbonyl (C=O) groups excluding carboxylic acids is 1. The number of rotatable bonds is 8. The van der Waals surface area contributed by atoms with E-state index in [1.807, 2.05) is 13.8 Å². The van der Waals surface area contributed by atoms with Gasteiger partial charge in [0.15, 0.2) is 10.3 Å². The Morgan fingerprint density at radius 3 is 2.61 bits per heavy atom. The second-order valence-corrected chi connectivity index (χ2v) is 9.86. The molecule has 0 radical (unpaired) electrons. The van der Waals surface area contributed by atoms with Crippen LogP contribution in [0, 0.1) is 0 Å². The first kappa shape index (κ1) is 23.1. The van der Waals surface area contributed by atoms with Crippen molar-refractivity contribution in [1.29, 1.82) is 0 Å². The van der Waals surface area contributed by atoms with Crippen molar-refractivity contribution in [1.82, 2.24) is 9.97 Å². The number of sulfonamides is 1. The number of anilines is 2. The Morgan fingerprint density at radius 1 is 1.26 bits per heavy atom. The molecular weight excluding hydrogens is 460 g/mol. The van der Waals surface area contributed by atoms with Crippen LogP contribution in [0.25, 0.3) is 10.4 Å². The highest BCUT2D eigenvalue weighted by Gasteiger charge is 2.19. The molecule has 0 bridgehead atoms. The molecule has 1 aromatic carbocycles. The molecule has 2 N–H and O–H groups in total. The molecule has 11 heteroatoms. The molecule has 164 valence electrons. The van der Waals surface area contributed by atoms with Crippen LogP contribution in [-0.4, -0.2) is 30.4 Å². The Labute approximate surface area is 189 Å². The standard InChI is InChI=1S/C20H21ClN4O4S2/c1-12(2)29-11-17-18(30-20(24-17)23-13(3)26)14-9-16(19(21)22-10-14)25-31(27,28)15-7-5-4-6-8-15/h4-10,12,25H,11H2,1-3H3,(H,23,24,26). The molecule has 0 unspecified atom stereocenters. The topological polar surface area (TPSA) is 110 Å². The SMILES string of the molecule is CC(=O)Nc1nc(COC(C)C)c(-c2cnc(Cl)c(NS(=O)(=O)c3ccccc3)c2)s1. The molecule has 0 saturated carbocycles. The molecular formula is C20H21ClN4O4S2. The largest absolute Gasteiger partial charge is 0.372 e. The van der Waals surface area contributed by atoms with Crippen LogP contribution in [0.4, 0.5) is 10.8 Å². The van der Waals surface area contributed by atoms with Crippen molar-refractivity contribution in [3.63, 3.8) is 0 Å². The van der Waals surface area contributed by atoms with E-state index in [9.17, 15) is 13.2 Å². The number of nitrogens with zero attached hydrogens (tertiary/aromatic N) is 2. The third-order valence-corrected chi connectivity index (χ3v) is 6.68. The molecule has 0 saturated heterocycles. The maximum absolute atomic E-state index is 12.7. The molecule has 0 aliphatic rings. The number of benzene rings is 1. The fraction of sp³-hybridized carbons (Fsp3) is 0.250. The molecule has 2 aromatic heterocycles. The Balaban J connectivity index is 1.98. The number of hydrogen-bond acceptors (Lipinski definition) is 7. The number of aromatic nitrogens is 2. The summed E-state index contributed by atoms with van der Waals surface area (Å²) in [5.74, 6) is -0.248. The van der Waals surface area contributed by atoms with E-state index in [1.165, 1.54) is 36.6 Å². The number of carbonyl (C=O) groups is 1. The average molecular weight is 481 g/mol. The van der Waals surface area contributed by atoms with E-state index in [1.54, 1.807) is 24.3 Å². The Hall–Kier alpha value is -2.53. The summed E-state index contributed by atoms with van der Waals surface area (Å²) < 4.78 is 33.6. The monoisotopic (exact) mass is 480 g/mol. The lowest BCUT2D eigenvalue weighted by Gasteiger charge is -2.11. The van der Waals surface area contributed by atoms with Gasteiger partial charge in [-0.3, -0.25) is 9.52 Å². The first-order valence-corrected chi connectivity index (χ1v) is 12.0. The lowest BCUT2D eigenvalue weighted by Crippen LogP contribution is -2.13. The van der Waals surface area contributed by atoms with E-state index in [0.717, 1.165) is 0 Å². The van der Waals surface area contributed by atoms with E-state index in [-0.39, 0.29) is 34.4 Å². The van der Waals surface area contributed by atoms with E-state index in [0.29, 0.717) is 21.3 Å². The number of pyridine rings is 1. The van der Waals surface area contributed by atoms with Crippen molar-refractivity contribution < 1.29 is 17.9 Å². The lowest BCUT2D eigenvalue weighted by molar-refractivity contribution is -0.114. The second kappa shape index (κ2) is 9.73. The molecule has 31 heavy (non-hydrogen) atoms. The van der Waals surface area contributed by atoms with Gasteiger partial charge in [0, 0.05) is 18.7 Å². The van der Waals surface area contributed by atoms with Crippen molar-refractivity contribution in [3.05, 3.63) is 53.4 Å². The predicted molar refractivity (Wildman–Crippen MR) is 122 cm³/mol. The molecule has 8 nitrogen and oxygen atoms in total. The van der Waals surface area contributed by atoms with E-state index in [4.69, 9.17) is 16.3 Å². The van der Waals surface area contributed by atoms with Crippen LogP contribution in [0.15, 0.2) is 47.5 Å². The summed E-state index contributed by atoms with van der Waals surface area (Å²) in [7, 11) is -3.85. The van der Waals surface area contributed by atoms with Gasteiger partial charge in [0.25, 0.3) is 10.0 Å². The summed E-state index contributed by atoms with van der Waals surface area (Å²) in [4.78, 5) is 20.8. The van der Waals surface area contributed by atoms with E-state index < -0.39 is 10.0 Å². The minimum Gasteiger partial charge on any atom is -0.372 e. The smallest absolute Gasteiger partial charge is 0.261 e. The van der Waals surface area contributed by atoms with Crippen molar-refractivity contribution in [2.75, 3.05) is 10.0 Å². The first-order chi connectivity index (χ1) is 14.7. The number of ether oxygens (including phenoxy) is 1. The van der Waals surface area contributed by atoms with Gasteiger partial charge in [-0.15, -0.1) is 0 Å². The van der Waals surface area contributed by atoms with Crippen LogP contribution >= 0.6 is 22.9 Å². The molecule has 0 aliphatic heterocycles. The normalized spacial score (nSPS) is 11.5. The van der Waals surface area contributed by atoms with Crippen LogP contribution in [-0.2, 0) is 26.2 Å². The molecule has 2 heterocycles. The number of hydrogen-bond donors (Lipinski definition) is 2. The van der Waals surface area contributed by atoms with E-state index >= 15 is 0 Å². The molecule has 0 fully saturated rings. The van der Waals surface area contributed by atoms with Crippen molar-refractivity contribution >= 4 is 49.7 Å². The summed E-state index contributed by atoms with van der Waals surface area (Å²) in [6, 6.07) is 9.54. The predicted octanol–water partition coefficient (Wildman–Crippen LogP) is 4.54. The number of thiazole rings is 1. The molecule has 0 aliphatic carbocycles. The maximum Gasteiger partial charge on any atom is 0.261 e. The highest BCUT2D eigenvalue weighted by Crippen LogP contribution is 2.36. The molecule has 0 atom stereocenters. The third kappa shape index (κ3) is 6.01. The van der Waals surface area contributed by atoms with Crippen LogP contribution in [0.2, 0.25) is 5.15 Å². The average Bonchev–Trinajstić information content (AvgIpc) is 3.10. The van der Waals surface area contributed by atoms with Crippen molar-refractivity contribution in [2.24, 2.45) is 0 Å². The van der Waals surface area contributed by atoms with E-state index in [2.05, 4.69) is 20.0 Å². The van der Waals surface area contributed by atoms with Gasteiger partial charge in [0.1, 0.15) is 0 Å². The number of nitrogens with one attached hydrogen (secondary N) is 2. The molecule has 3 aromatic rings. The highest BCUT2D eigenvalue weighted by atomic mass is 35.5. The lowest BCUT2D eigenvalue weighted by atomic mass is 10.2. The van der Waals surface area contributed by atoms with Gasteiger partial charge in [0.2, 0.25) is 5.91 Å². The van der Waals surface area contributed by atoms with Crippen LogP contribution in [0.3, 0.4) is 0 Å². The van der Waals surface area contributed by atoms with Crippen LogP contribution in [0.5, 0.6) is 0 Å². The minimum atomic E-state index is -3.85.